The van der Waals surface area contributed by atoms with Gasteiger partial charge in [0.25, 0.3) is 0 Å². The maximum absolute atomic E-state index is 6.43. The number of halogens is 2. The number of hydrogen-bond acceptors (Lipinski definition) is 2. The van der Waals surface area contributed by atoms with E-state index in [-0.39, 0.29) is 0 Å². The summed E-state index contributed by atoms with van der Waals surface area (Å²) in [5, 5.41) is 1.10. The molecule has 29 heavy (non-hydrogen) atoms. The lowest BCUT2D eigenvalue weighted by Crippen LogP contribution is -1.84. The molecule has 2 aromatic heterocycles. The predicted molar refractivity (Wildman–Crippen MR) is 119 cm³/mol. The molecule has 5 aromatic rings. The molecule has 0 fully saturated rings. The Morgan fingerprint density at radius 3 is 2.31 bits per heavy atom. The van der Waals surface area contributed by atoms with Gasteiger partial charge in [0.2, 0.25) is 0 Å². The van der Waals surface area contributed by atoms with Gasteiger partial charge >= 0.3 is 0 Å². The van der Waals surface area contributed by atoms with Crippen LogP contribution >= 0.6 is 23.2 Å². The molecule has 0 saturated carbocycles. The lowest BCUT2D eigenvalue weighted by Gasteiger charge is -2.01. The number of rotatable bonds is 3. The molecule has 2 heterocycles. The average Bonchev–Trinajstić information content (AvgIpc) is 3.31. The van der Waals surface area contributed by atoms with E-state index in [0.29, 0.717) is 21.7 Å². The van der Waals surface area contributed by atoms with Crippen LogP contribution in [0.3, 0.4) is 0 Å². The molecule has 0 amide bonds. The van der Waals surface area contributed by atoms with Gasteiger partial charge in [-0.2, -0.15) is 0 Å². The van der Waals surface area contributed by atoms with E-state index < -0.39 is 0 Å². The van der Waals surface area contributed by atoms with Gasteiger partial charge in [0.05, 0.1) is 16.1 Å². The first kappa shape index (κ1) is 18.0. The zero-order chi connectivity index (χ0) is 20.0. The summed E-state index contributed by atoms with van der Waals surface area (Å²) in [5.74, 6) is 1.48. The summed E-state index contributed by atoms with van der Waals surface area (Å²) < 4.78 is 0. The van der Waals surface area contributed by atoms with Crippen molar-refractivity contribution >= 4 is 34.2 Å². The third-order valence-corrected chi connectivity index (χ3v) is 5.46. The molecule has 2 N–H and O–H groups in total. The summed E-state index contributed by atoms with van der Waals surface area (Å²) in [6.07, 6.45) is 0. The number of nitrogens with zero attached hydrogens (tertiary/aromatic N) is 2. The molecular weight excluding hydrogens is 403 g/mol. The number of aromatic nitrogens is 4. The minimum atomic E-state index is 0.479. The van der Waals surface area contributed by atoms with Crippen molar-refractivity contribution in [1.82, 2.24) is 19.9 Å². The molecular formula is C23H16Cl2N4. The maximum atomic E-state index is 6.43. The summed E-state index contributed by atoms with van der Waals surface area (Å²) >= 11 is 12.7. The van der Waals surface area contributed by atoms with Gasteiger partial charge in [0.1, 0.15) is 22.5 Å². The Balaban J connectivity index is 1.49. The fraction of sp³-hybridized carbons (Fsp3) is 0.0435. The zero-order valence-corrected chi connectivity index (χ0v) is 17.0. The first-order valence-electron chi connectivity index (χ1n) is 9.16. The van der Waals surface area contributed by atoms with E-state index in [2.05, 4.69) is 39.0 Å². The third kappa shape index (κ3) is 3.31. The number of H-pyrrole nitrogens is 2. The Morgan fingerprint density at radius 2 is 1.52 bits per heavy atom. The van der Waals surface area contributed by atoms with Gasteiger partial charge in [-0.25, -0.2) is 9.97 Å². The van der Waals surface area contributed by atoms with E-state index >= 15 is 0 Å². The first-order valence-corrected chi connectivity index (χ1v) is 9.92. The lowest BCUT2D eigenvalue weighted by molar-refractivity contribution is 1.31. The van der Waals surface area contributed by atoms with Crippen molar-refractivity contribution in [3.05, 3.63) is 82.5 Å². The normalized spacial score (nSPS) is 11.3. The number of aromatic amines is 2. The van der Waals surface area contributed by atoms with Gasteiger partial charge in [-0.3, -0.25) is 0 Å². The lowest BCUT2D eigenvalue weighted by atomic mass is 10.1. The number of hydrogen-bond donors (Lipinski definition) is 2. The van der Waals surface area contributed by atoms with Crippen molar-refractivity contribution in [3.63, 3.8) is 0 Å². The van der Waals surface area contributed by atoms with Crippen molar-refractivity contribution in [3.8, 4) is 34.0 Å². The van der Waals surface area contributed by atoms with Crippen molar-refractivity contribution in [2.45, 2.75) is 6.92 Å². The Morgan fingerprint density at radius 1 is 0.759 bits per heavy atom. The molecule has 5 rings (SSSR count). The van der Waals surface area contributed by atoms with Crippen molar-refractivity contribution in [2.75, 3.05) is 0 Å². The highest BCUT2D eigenvalue weighted by molar-refractivity contribution is 6.34. The van der Waals surface area contributed by atoms with Crippen LogP contribution in [0.5, 0.6) is 0 Å². The van der Waals surface area contributed by atoms with E-state index in [9.17, 15) is 0 Å². The standard InChI is InChI=1S/C23H16Cl2N4/c1-13-6-11-18-19(12-13)27-22(26-18)15-9-7-14(8-10-15)20-21(25)29-23(28-20)16-4-2-3-5-17(16)24/h2-12H,1H3,(H,26,27)(H,28,29). The van der Waals surface area contributed by atoms with Crippen LogP contribution in [0.1, 0.15) is 5.56 Å². The number of nitrogens with one attached hydrogen (secondary N) is 2. The minimum absolute atomic E-state index is 0.479. The summed E-state index contributed by atoms with van der Waals surface area (Å²) in [5.41, 5.74) is 6.61. The fourth-order valence-corrected chi connectivity index (χ4v) is 3.84. The molecule has 6 heteroatoms. The van der Waals surface area contributed by atoms with Crippen LogP contribution < -0.4 is 0 Å². The maximum Gasteiger partial charge on any atom is 0.140 e. The fourth-order valence-electron chi connectivity index (χ4n) is 3.37. The molecule has 0 spiro atoms. The van der Waals surface area contributed by atoms with Crippen LogP contribution in [0.4, 0.5) is 0 Å². The van der Waals surface area contributed by atoms with Crippen LogP contribution in [0.2, 0.25) is 10.2 Å². The van der Waals surface area contributed by atoms with Crippen LogP contribution in [0.25, 0.3) is 45.1 Å². The Kier molecular flexibility index (Phi) is 4.38. The van der Waals surface area contributed by atoms with Crippen LogP contribution in [-0.2, 0) is 0 Å². The summed E-state index contributed by atoms with van der Waals surface area (Å²) in [7, 11) is 0. The van der Waals surface area contributed by atoms with Gasteiger partial charge < -0.3 is 9.97 Å². The third-order valence-electron chi connectivity index (χ3n) is 4.86. The van der Waals surface area contributed by atoms with Crippen LogP contribution in [0, 0.1) is 6.92 Å². The highest BCUT2D eigenvalue weighted by Crippen LogP contribution is 2.33. The molecule has 3 aromatic carbocycles. The van der Waals surface area contributed by atoms with E-state index in [4.69, 9.17) is 23.2 Å². The summed E-state index contributed by atoms with van der Waals surface area (Å²) in [4.78, 5) is 15.8. The molecule has 0 unspecified atom stereocenters. The van der Waals surface area contributed by atoms with Gasteiger partial charge in [-0.1, -0.05) is 65.7 Å². The van der Waals surface area contributed by atoms with Gasteiger partial charge in [0, 0.05) is 16.7 Å². The van der Waals surface area contributed by atoms with Crippen molar-refractivity contribution < 1.29 is 0 Å². The SMILES string of the molecule is Cc1ccc2nc(-c3ccc(-c4nc(-c5ccccc5Cl)[nH]c4Cl)cc3)[nH]c2c1. The van der Waals surface area contributed by atoms with E-state index in [1.807, 2.05) is 54.6 Å². The van der Waals surface area contributed by atoms with Crippen LogP contribution in [0.15, 0.2) is 66.7 Å². The Hall–Kier alpha value is -3.08. The number of benzene rings is 3. The van der Waals surface area contributed by atoms with E-state index in [0.717, 1.165) is 33.5 Å². The highest BCUT2D eigenvalue weighted by Gasteiger charge is 2.14. The Labute approximate surface area is 177 Å². The molecule has 0 aliphatic rings. The first-order chi connectivity index (χ1) is 14.1. The molecule has 0 aliphatic heterocycles. The molecule has 4 nitrogen and oxygen atoms in total. The molecule has 0 saturated heterocycles. The minimum Gasteiger partial charge on any atom is -0.338 e. The topological polar surface area (TPSA) is 57.4 Å². The van der Waals surface area contributed by atoms with E-state index in [1.165, 1.54) is 5.56 Å². The van der Waals surface area contributed by atoms with Gasteiger partial charge in [-0.15, -0.1) is 0 Å². The predicted octanol–water partition coefficient (Wildman–Crippen LogP) is 6.90. The highest BCUT2D eigenvalue weighted by atomic mass is 35.5. The monoisotopic (exact) mass is 418 g/mol. The molecule has 0 bridgehead atoms. The number of fused-ring (bicyclic) bond motifs is 1. The molecule has 142 valence electrons. The second kappa shape index (κ2) is 7.07. The average molecular weight is 419 g/mol. The number of aryl methyl sites for hydroxylation is 1. The quantitative estimate of drug-likeness (QED) is 0.334. The van der Waals surface area contributed by atoms with Gasteiger partial charge in [-0.05, 0) is 36.8 Å². The summed E-state index contributed by atoms with van der Waals surface area (Å²) in [6.45, 7) is 2.07. The van der Waals surface area contributed by atoms with Crippen molar-refractivity contribution in [1.29, 1.82) is 0 Å². The molecule has 0 radical (unpaired) electrons. The second-order valence-corrected chi connectivity index (χ2v) is 7.70. The van der Waals surface area contributed by atoms with Crippen molar-refractivity contribution in [2.24, 2.45) is 0 Å². The largest absolute Gasteiger partial charge is 0.338 e. The smallest absolute Gasteiger partial charge is 0.140 e. The second-order valence-electron chi connectivity index (χ2n) is 6.91. The Bertz CT molecular complexity index is 1330. The van der Waals surface area contributed by atoms with E-state index in [1.54, 1.807) is 0 Å². The number of imidazole rings is 2. The molecule has 0 aliphatic carbocycles. The van der Waals surface area contributed by atoms with Crippen LogP contribution in [-0.4, -0.2) is 19.9 Å². The summed E-state index contributed by atoms with van der Waals surface area (Å²) in [6, 6.07) is 21.7. The van der Waals surface area contributed by atoms with Gasteiger partial charge in [0.15, 0.2) is 0 Å². The zero-order valence-electron chi connectivity index (χ0n) is 15.5. The molecule has 0 atom stereocenters.